The van der Waals surface area contributed by atoms with E-state index in [0.29, 0.717) is 0 Å². The van der Waals surface area contributed by atoms with Crippen LogP contribution in [0.4, 0.5) is 11.4 Å². The van der Waals surface area contributed by atoms with Crippen LogP contribution in [0, 0.1) is 17.3 Å². The number of nitrogens with one attached hydrogen (secondary N) is 3. The van der Waals surface area contributed by atoms with Crippen LogP contribution in [0.3, 0.4) is 0 Å². The van der Waals surface area contributed by atoms with E-state index in [9.17, 15) is 9.59 Å². The summed E-state index contributed by atoms with van der Waals surface area (Å²) in [5.74, 6) is 0.610. The van der Waals surface area contributed by atoms with Gasteiger partial charge in [-0.1, -0.05) is 0 Å². The number of piperidine rings is 1. The quantitative estimate of drug-likeness (QED) is 0.799. The number of anilines is 2. The van der Waals surface area contributed by atoms with Crippen molar-refractivity contribution in [2.24, 2.45) is 17.3 Å². The number of rotatable bonds is 4. The van der Waals surface area contributed by atoms with Crippen molar-refractivity contribution in [3.63, 3.8) is 0 Å². The molecule has 1 unspecified atom stereocenters. The van der Waals surface area contributed by atoms with E-state index in [4.69, 9.17) is 0 Å². The normalized spacial score (nSPS) is 25.0. The average Bonchev–Trinajstić information content (AvgIpc) is 3.46. The third-order valence-corrected chi connectivity index (χ3v) is 5.47. The van der Waals surface area contributed by atoms with Crippen LogP contribution < -0.4 is 16.0 Å². The van der Waals surface area contributed by atoms with Crippen molar-refractivity contribution in [3.8, 4) is 0 Å². The van der Waals surface area contributed by atoms with Gasteiger partial charge in [0.2, 0.25) is 11.8 Å². The van der Waals surface area contributed by atoms with E-state index in [1.54, 1.807) is 0 Å². The molecule has 1 aliphatic heterocycles. The fourth-order valence-corrected chi connectivity index (χ4v) is 3.65. The standard InChI is InChI=1S/C18H23N3O2/c22-16(12-1-2-12)20-13-3-5-14(6-4-13)21-17(23)15-11-18(15)7-9-19-10-8-18/h3-6,12,15,19H,1-2,7-11H2,(H,20,22)(H,21,23). The number of carbonyl (C=O) groups excluding carboxylic acids is 2. The predicted molar refractivity (Wildman–Crippen MR) is 89.1 cm³/mol. The van der Waals surface area contributed by atoms with E-state index in [0.717, 1.165) is 56.6 Å². The van der Waals surface area contributed by atoms with Crippen molar-refractivity contribution in [2.45, 2.75) is 32.1 Å². The van der Waals surface area contributed by atoms with Crippen LogP contribution in [0.1, 0.15) is 32.1 Å². The highest BCUT2D eigenvalue weighted by Gasteiger charge is 2.57. The first-order chi connectivity index (χ1) is 11.2. The van der Waals surface area contributed by atoms with Crippen LogP contribution in [0.15, 0.2) is 24.3 Å². The molecular formula is C18H23N3O2. The molecule has 3 fully saturated rings. The Morgan fingerprint density at radius 1 is 0.957 bits per heavy atom. The van der Waals surface area contributed by atoms with Gasteiger partial charge in [0.05, 0.1) is 0 Å². The Morgan fingerprint density at radius 3 is 2.09 bits per heavy atom. The van der Waals surface area contributed by atoms with Gasteiger partial charge in [0, 0.05) is 23.2 Å². The minimum Gasteiger partial charge on any atom is -0.326 e. The maximum absolute atomic E-state index is 12.4. The van der Waals surface area contributed by atoms with Crippen molar-refractivity contribution in [1.29, 1.82) is 0 Å². The summed E-state index contributed by atoms with van der Waals surface area (Å²) in [5.41, 5.74) is 1.85. The van der Waals surface area contributed by atoms with Crippen LogP contribution in [0.25, 0.3) is 0 Å². The van der Waals surface area contributed by atoms with E-state index < -0.39 is 0 Å². The number of hydrogen-bond acceptors (Lipinski definition) is 3. The molecule has 2 amide bonds. The zero-order valence-electron chi connectivity index (χ0n) is 13.2. The Balaban J connectivity index is 1.32. The first-order valence-electron chi connectivity index (χ1n) is 8.59. The molecule has 4 rings (SSSR count). The molecule has 5 heteroatoms. The summed E-state index contributed by atoms with van der Waals surface area (Å²) in [6.45, 7) is 2.05. The SMILES string of the molecule is O=C(Nc1ccc(NC(=O)C2CC23CCNCC3)cc1)C1CC1. The molecule has 1 saturated heterocycles. The van der Waals surface area contributed by atoms with Gasteiger partial charge >= 0.3 is 0 Å². The van der Waals surface area contributed by atoms with Crippen molar-refractivity contribution in [2.75, 3.05) is 23.7 Å². The molecule has 1 spiro atoms. The predicted octanol–water partition coefficient (Wildman–Crippen LogP) is 2.36. The maximum atomic E-state index is 12.4. The van der Waals surface area contributed by atoms with Gasteiger partial charge in [0.1, 0.15) is 0 Å². The Labute approximate surface area is 136 Å². The van der Waals surface area contributed by atoms with Crippen LogP contribution in [-0.2, 0) is 9.59 Å². The molecule has 2 saturated carbocycles. The lowest BCUT2D eigenvalue weighted by molar-refractivity contribution is -0.118. The molecule has 0 radical (unpaired) electrons. The molecular weight excluding hydrogens is 290 g/mol. The molecule has 0 aromatic heterocycles. The maximum Gasteiger partial charge on any atom is 0.228 e. The highest BCUT2D eigenvalue weighted by atomic mass is 16.2. The van der Waals surface area contributed by atoms with Gasteiger partial charge in [0.25, 0.3) is 0 Å². The number of hydrogen-bond donors (Lipinski definition) is 3. The van der Waals surface area contributed by atoms with Gasteiger partial charge < -0.3 is 16.0 Å². The van der Waals surface area contributed by atoms with Gasteiger partial charge in [-0.2, -0.15) is 0 Å². The molecule has 0 bridgehead atoms. The summed E-state index contributed by atoms with van der Waals surface area (Å²) in [4.78, 5) is 24.1. The smallest absolute Gasteiger partial charge is 0.228 e. The second-order valence-electron chi connectivity index (χ2n) is 7.20. The average molecular weight is 313 g/mol. The summed E-state index contributed by atoms with van der Waals surface area (Å²) in [6, 6.07) is 7.42. The van der Waals surface area contributed by atoms with Crippen LogP contribution in [0.2, 0.25) is 0 Å². The summed E-state index contributed by atoms with van der Waals surface area (Å²) >= 11 is 0. The Morgan fingerprint density at radius 2 is 1.52 bits per heavy atom. The minimum atomic E-state index is 0.104. The van der Waals surface area contributed by atoms with Crippen molar-refractivity contribution in [3.05, 3.63) is 24.3 Å². The topological polar surface area (TPSA) is 70.2 Å². The van der Waals surface area contributed by atoms with Gasteiger partial charge in [-0.05, 0) is 74.9 Å². The second-order valence-corrected chi connectivity index (χ2v) is 7.20. The molecule has 2 aliphatic carbocycles. The summed E-state index contributed by atoms with van der Waals surface area (Å²) in [7, 11) is 0. The Bertz CT molecular complexity index is 616. The number of benzene rings is 1. The molecule has 3 aliphatic rings. The summed E-state index contributed by atoms with van der Waals surface area (Å²) in [6.07, 6.45) is 5.24. The van der Waals surface area contributed by atoms with E-state index in [-0.39, 0.29) is 29.1 Å². The van der Waals surface area contributed by atoms with Gasteiger partial charge in [-0.3, -0.25) is 9.59 Å². The van der Waals surface area contributed by atoms with Gasteiger partial charge in [-0.25, -0.2) is 0 Å². The zero-order chi connectivity index (χ0) is 15.9. The third-order valence-electron chi connectivity index (χ3n) is 5.47. The van der Waals surface area contributed by atoms with Crippen LogP contribution in [-0.4, -0.2) is 24.9 Å². The lowest BCUT2D eigenvalue weighted by Crippen LogP contribution is -2.31. The Kier molecular flexibility index (Phi) is 3.60. The molecule has 23 heavy (non-hydrogen) atoms. The Hall–Kier alpha value is -1.88. The highest BCUT2D eigenvalue weighted by Crippen LogP contribution is 2.58. The van der Waals surface area contributed by atoms with Crippen molar-refractivity contribution < 1.29 is 9.59 Å². The first-order valence-corrected chi connectivity index (χ1v) is 8.59. The first kappa shape index (κ1) is 14.7. The van der Waals surface area contributed by atoms with E-state index in [1.165, 1.54) is 0 Å². The van der Waals surface area contributed by atoms with E-state index in [1.807, 2.05) is 24.3 Å². The third kappa shape index (κ3) is 3.11. The molecule has 122 valence electrons. The summed E-state index contributed by atoms with van der Waals surface area (Å²) < 4.78 is 0. The molecule has 1 heterocycles. The van der Waals surface area contributed by atoms with Crippen molar-refractivity contribution >= 4 is 23.2 Å². The summed E-state index contributed by atoms with van der Waals surface area (Å²) in [5, 5.41) is 9.28. The number of carbonyl (C=O) groups is 2. The van der Waals surface area contributed by atoms with E-state index >= 15 is 0 Å². The van der Waals surface area contributed by atoms with Crippen LogP contribution in [0.5, 0.6) is 0 Å². The van der Waals surface area contributed by atoms with Crippen LogP contribution >= 0.6 is 0 Å². The largest absolute Gasteiger partial charge is 0.326 e. The molecule has 1 atom stereocenters. The van der Waals surface area contributed by atoms with Gasteiger partial charge in [0.15, 0.2) is 0 Å². The lowest BCUT2D eigenvalue weighted by Gasteiger charge is -2.23. The molecule has 5 nitrogen and oxygen atoms in total. The fourth-order valence-electron chi connectivity index (χ4n) is 3.65. The monoisotopic (exact) mass is 313 g/mol. The van der Waals surface area contributed by atoms with E-state index in [2.05, 4.69) is 16.0 Å². The zero-order valence-corrected chi connectivity index (χ0v) is 13.2. The molecule has 1 aromatic rings. The van der Waals surface area contributed by atoms with Crippen molar-refractivity contribution in [1.82, 2.24) is 5.32 Å². The molecule has 1 aromatic carbocycles. The minimum absolute atomic E-state index is 0.104. The second kappa shape index (κ2) is 5.64. The highest BCUT2D eigenvalue weighted by molar-refractivity contribution is 5.96. The number of amides is 2. The fraction of sp³-hybridized carbons (Fsp3) is 0.556. The lowest BCUT2D eigenvalue weighted by atomic mass is 9.92. The van der Waals surface area contributed by atoms with Gasteiger partial charge in [-0.15, -0.1) is 0 Å². The molecule has 3 N–H and O–H groups in total.